The van der Waals surface area contributed by atoms with Crippen molar-refractivity contribution >= 4 is 11.7 Å². The third kappa shape index (κ3) is 4.21. The number of nitrogens with zero attached hydrogens (tertiary/aromatic N) is 3. The minimum Gasteiger partial charge on any atom is -0.377 e. The Hall–Kier alpha value is -2.57. The van der Waals surface area contributed by atoms with Crippen molar-refractivity contribution in [2.45, 2.75) is 19.5 Å². The van der Waals surface area contributed by atoms with E-state index in [2.05, 4.69) is 10.5 Å². The molecule has 2 rings (SSSR count). The highest BCUT2D eigenvalue weighted by atomic mass is 19.1. The van der Waals surface area contributed by atoms with Crippen LogP contribution in [0, 0.1) is 5.82 Å². The van der Waals surface area contributed by atoms with Crippen molar-refractivity contribution in [3.8, 4) is 0 Å². The fourth-order valence-corrected chi connectivity index (χ4v) is 2.29. The van der Waals surface area contributed by atoms with E-state index in [0.29, 0.717) is 12.2 Å². The number of anilines is 1. The molecular weight excluding hydrogens is 299 g/mol. The van der Waals surface area contributed by atoms with Crippen LogP contribution in [0.25, 0.3) is 0 Å². The molecule has 1 aromatic carbocycles. The number of carbonyl (C=O) groups is 1. The summed E-state index contributed by atoms with van der Waals surface area (Å²) in [5.74, 6) is -0.331. The first-order valence-electron chi connectivity index (χ1n) is 7.26. The number of amides is 2. The Morgan fingerprint density at radius 3 is 2.70 bits per heavy atom. The number of aromatic nitrogens is 1. The van der Waals surface area contributed by atoms with Crippen LogP contribution in [0.4, 0.5) is 14.9 Å². The number of halogens is 1. The zero-order chi connectivity index (χ0) is 17.0. The quantitative estimate of drug-likeness (QED) is 0.920. The molecule has 0 fully saturated rings. The van der Waals surface area contributed by atoms with Crippen LogP contribution in [0.1, 0.15) is 24.2 Å². The van der Waals surface area contributed by atoms with E-state index in [-0.39, 0.29) is 17.9 Å². The van der Waals surface area contributed by atoms with Crippen LogP contribution in [0.15, 0.2) is 35.1 Å². The zero-order valence-corrected chi connectivity index (χ0v) is 13.7. The molecule has 0 bridgehead atoms. The Kier molecular flexibility index (Phi) is 5.20. The number of nitrogens with one attached hydrogen (secondary N) is 1. The molecule has 0 aliphatic rings. The Morgan fingerprint density at radius 2 is 2.09 bits per heavy atom. The molecule has 0 spiro atoms. The molecule has 1 unspecified atom stereocenters. The molecule has 0 aliphatic heterocycles. The van der Waals surface area contributed by atoms with E-state index >= 15 is 0 Å². The summed E-state index contributed by atoms with van der Waals surface area (Å²) in [6, 6.07) is 5.64. The average Bonchev–Trinajstić information content (AvgIpc) is 2.99. The highest BCUT2D eigenvalue weighted by Crippen LogP contribution is 2.26. The molecule has 7 heteroatoms. The second kappa shape index (κ2) is 7.13. The van der Waals surface area contributed by atoms with Gasteiger partial charge in [-0.05, 0) is 25.1 Å². The highest BCUT2D eigenvalue weighted by molar-refractivity contribution is 5.74. The lowest BCUT2D eigenvalue weighted by atomic mass is 10.1. The van der Waals surface area contributed by atoms with Gasteiger partial charge >= 0.3 is 6.03 Å². The van der Waals surface area contributed by atoms with Gasteiger partial charge < -0.3 is 19.6 Å². The number of hydrogen-bond acceptors (Lipinski definition) is 4. The van der Waals surface area contributed by atoms with Crippen LogP contribution < -0.4 is 10.2 Å². The first-order chi connectivity index (χ1) is 10.9. The molecule has 124 valence electrons. The van der Waals surface area contributed by atoms with Gasteiger partial charge in [0, 0.05) is 38.5 Å². The summed E-state index contributed by atoms with van der Waals surface area (Å²) in [5.41, 5.74) is 2.24. The molecule has 0 aliphatic carbocycles. The Bertz CT molecular complexity index is 658. The predicted octanol–water partition coefficient (Wildman–Crippen LogP) is 2.78. The maximum atomic E-state index is 13.6. The van der Waals surface area contributed by atoms with Gasteiger partial charge in [0.1, 0.15) is 17.8 Å². The normalized spacial score (nSPS) is 11.9. The summed E-state index contributed by atoms with van der Waals surface area (Å²) in [4.78, 5) is 15.6. The molecule has 23 heavy (non-hydrogen) atoms. The van der Waals surface area contributed by atoms with Crippen LogP contribution in [-0.2, 0) is 6.54 Å². The molecule has 1 atom stereocenters. The fourth-order valence-electron chi connectivity index (χ4n) is 2.29. The summed E-state index contributed by atoms with van der Waals surface area (Å²) < 4.78 is 18.3. The fraction of sp³-hybridized carbons (Fsp3) is 0.375. The van der Waals surface area contributed by atoms with Gasteiger partial charge in [0.2, 0.25) is 0 Å². The standard InChI is InChI=1S/C16H21FN4O2/c1-11(14-9-12(17)5-6-15(14)20(2)3)18-16(22)21(4)10-13-7-8-23-19-13/h5-9,11H,10H2,1-4H3,(H,18,22). The van der Waals surface area contributed by atoms with Crippen molar-refractivity contribution in [1.82, 2.24) is 15.4 Å². The molecule has 6 nitrogen and oxygen atoms in total. The summed E-state index contributed by atoms with van der Waals surface area (Å²) in [6.45, 7) is 2.16. The number of hydrogen-bond donors (Lipinski definition) is 1. The molecule has 0 saturated carbocycles. The Morgan fingerprint density at radius 1 is 1.35 bits per heavy atom. The minimum atomic E-state index is -0.338. The van der Waals surface area contributed by atoms with Crippen LogP contribution in [0.5, 0.6) is 0 Å². The van der Waals surface area contributed by atoms with Gasteiger partial charge in [0.25, 0.3) is 0 Å². The number of carbonyl (C=O) groups excluding carboxylic acids is 1. The van der Waals surface area contributed by atoms with Gasteiger partial charge in [0.15, 0.2) is 0 Å². The van der Waals surface area contributed by atoms with Gasteiger partial charge in [-0.2, -0.15) is 0 Å². The van der Waals surface area contributed by atoms with Crippen molar-refractivity contribution < 1.29 is 13.7 Å². The second-order valence-electron chi connectivity index (χ2n) is 5.62. The molecular formula is C16H21FN4O2. The van der Waals surface area contributed by atoms with Crippen molar-refractivity contribution in [3.05, 3.63) is 47.6 Å². The maximum absolute atomic E-state index is 13.6. The van der Waals surface area contributed by atoms with E-state index in [0.717, 1.165) is 11.3 Å². The van der Waals surface area contributed by atoms with Crippen LogP contribution in [0.3, 0.4) is 0 Å². The monoisotopic (exact) mass is 320 g/mol. The number of benzene rings is 1. The van der Waals surface area contributed by atoms with Gasteiger partial charge in [-0.15, -0.1) is 0 Å². The number of rotatable bonds is 5. The van der Waals surface area contributed by atoms with E-state index < -0.39 is 0 Å². The van der Waals surface area contributed by atoms with Crippen molar-refractivity contribution in [3.63, 3.8) is 0 Å². The maximum Gasteiger partial charge on any atom is 0.317 e. The second-order valence-corrected chi connectivity index (χ2v) is 5.62. The lowest BCUT2D eigenvalue weighted by molar-refractivity contribution is 0.202. The van der Waals surface area contributed by atoms with Crippen LogP contribution in [-0.4, -0.2) is 37.2 Å². The molecule has 2 aromatic rings. The number of urea groups is 1. The smallest absolute Gasteiger partial charge is 0.317 e. The molecule has 2 amide bonds. The van der Waals surface area contributed by atoms with Crippen molar-refractivity contribution in [2.75, 3.05) is 26.0 Å². The largest absolute Gasteiger partial charge is 0.377 e. The third-order valence-corrected chi connectivity index (χ3v) is 3.51. The van der Waals surface area contributed by atoms with E-state index in [1.54, 1.807) is 19.2 Å². The molecule has 0 radical (unpaired) electrons. The zero-order valence-electron chi connectivity index (χ0n) is 13.7. The molecule has 1 N–H and O–H groups in total. The van der Waals surface area contributed by atoms with Gasteiger partial charge in [-0.3, -0.25) is 0 Å². The van der Waals surface area contributed by atoms with E-state index in [4.69, 9.17) is 4.52 Å². The Balaban J connectivity index is 2.07. The summed E-state index contributed by atoms with van der Waals surface area (Å²) in [6.07, 6.45) is 1.46. The predicted molar refractivity (Wildman–Crippen MR) is 85.6 cm³/mol. The van der Waals surface area contributed by atoms with Gasteiger partial charge in [-0.25, -0.2) is 9.18 Å². The summed E-state index contributed by atoms with van der Waals surface area (Å²) in [5, 5.41) is 6.64. The molecule has 1 aromatic heterocycles. The Labute approximate surface area is 134 Å². The topological polar surface area (TPSA) is 61.6 Å². The van der Waals surface area contributed by atoms with E-state index in [9.17, 15) is 9.18 Å². The lowest BCUT2D eigenvalue weighted by Gasteiger charge is -2.25. The van der Waals surface area contributed by atoms with Crippen LogP contribution in [0.2, 0.25) is 0 Å². The minimum absolute atomic E-state index is 0.269. The highest BCUT2D eigenvalue weighted by Gasteiger charge is 2.18. The summed E-state index contributed by atoms with van der Waals surface area (Å²) >= 11 is 0. The molecule has 0 saturated heterocycles. The van der Waals surface area contributed by atoms with E-state index in [1.165, 1.54) is 23.3 Å². The molecule has 1 heterocycles. The van der Waals surface area contributed by atoms with Gasteiger partial charge in [-0.1, -0.05) is 5.16 Å². The first-order valence-corrected chi connectivity index (χ1v) is 7.26. The van der Waals surface area contributed by atoms with Crippen molar-refractivity contribution in [1.29, 1.82) is 0 Å². The third-order valence-electron chi connectivity index (χ3n) is 3.51. The average molecular weight is 320 g/mol. The van der Waals surface area contributed by atoms with Crippen molar-refractivity contribution in [2.24, 2.45) is 0 Å². The van der Waals surface area contributed by atoms with Gasteiger partial charge in [0.05, 0.1) is 12.6 Å². The van der Waals surface area contributed by atoms with Crippen LogP contribution >= 0.6 is 0 Å². The SMILES string of the molecule is CC(NC(=O)N(C)Cc1ccon1)c1cc(F)ccc1N(C)C. The first kappa shape index (κ1) is 16.8. The summed E-state index contributed by atoms with van der Waals surface area (Å²) in [7, 11) is 5.42. The van der Waals surface area contributed by atoms with E-state index in [1.807, 2.05) is 25.9 Å². The lowest BCUT2D eigenvalue weighted by Crippen LogP contribution is -2.38.